The molecule has 0 amide bonds. The van der Waals surface area contributed by atoms with Gasteiger partial charge in [0.2, 0.25) is 0 Å². The summed E-state index contributed by atoms with van der Waals surface area (Å²) in [7, 11) is -4.40. The van der Waals surface area contributed by atoms with Crippen molar-refractivity contribution in [2.45, 2.75) is 42.7 Å². The van der Waals surface area contributed by atoms with Gasteiger partial charge in [0.15, 0.2) is 0 Å². The van der Waals surface area contributed by atoms with Crippen molar-refractivity contribution >= 4 is 15.7 Å². The maximum absolute atomic E-state index is 13.4. The Balaban J connectivity index is 2.06. The van der Waals surface area contributed by atoms with Crippen LogP contribution in [-0.4, -0.2) is 31.9 Å². The molecule has 0 bridgehead atoms. The van der Waals surface area contributed by atoms with Crippen LogP contribution in [0.15, 0.2) is 83.8 Å². The average molecular weight is 517 g/mol. The average Bonchev–Trinajstić information content (AvgIpc) is 2.77. The predicted molar refractivity (Wildman–Crippen MR) is 119 cm³/mol. The highest BCUT2D eigenvalue weighted by Gasteiger charge is 2.71. The summed E-state index contributed by atoms with van der Waals surface area (Å²) >= 11 is 0. The first-order valence-corrected chi connectivity index (χ1v) is 11.7. The molecular formula is C24H21F6NO3S. The molecule has 3 aromatic carbocycles. The summed E-state index contributed by atoms with van der Waals surface area (Å²) in [5.41, 5.74) is -4.91. The molecule has 0 aliphatic carbocycles. The summed E-state index contributed by atoms with van der Waals surface area (Å²) in [6.07, 6.45) is -12.2. The molecule has 3 aromatic rings. The van der Waals surface area contributed by atoms with E-state index in [1.165, 1.54) is 6.07 Å². The molecule has 4 nitrogen and oxygen atoms in total. The van der Waals surface area contributed by atoms with E-state index in [4.69, 9.17) is 0 Å². The van der Waals surface area contributed by atoms with Crippen LogP contribution in [-0.2, 0) is 15.6 Å². The monoisotopic (exact) mass is 517 g/mol. The highest BCUT2D eigenvalue weighted by molar-refractivity contribution is 7.92. The minimum atomic E-state index is -6.08. The van der Waals surface area contributed by atoms with Gasteiger partial charge in [0, 0.05) is 11.6 Å². The Kier molecular flexibility index (Phi) is 6.98. The van der Waals surface area contributed by atoms with Crippen molar-refractivity contribution in [2.75, 3.05) is 4.31 Å². The molecule has 0 fully saturated rings. The van der Waals surface area contributed by atoms with Crippen LogP contribution >= 0.6 is 0 Å². The van der Waals surface area contributed by atoms with E-state index in [0.29, 0.717) is 29.8 Å². The first-order chi connectivity index (χ1) is 16.1. The number of alkyl halides is 6. The molecule has 0 heterocycles. The number of hydrogen-bond donors (Lipinski definition) is 1. The van der Waals surface area contributed by atoms with Gasteiger partial charge in [-0.25, -0.2) is 8.42 Å². The Labute approximate surface area is 198 Å². The lowest BCUT2D eigenvalue weighted by Gasteiger charge is -2.33. The van der Waals surface area contributed by atoms with Crippen molar-refractivity contribution in [3.8, 4) is 11.1 Å². The number of hydrogen-bond acceptors (Lipinski definition) is 3. The van der Waals surface area contributed by atoms with Crippen molar-refractivity contribution < 1.29 is 39.9 Å². The van der Waals surface area contributed by atoms with Crippen LogP contribution in [0.5, 0.6) is 0 Å². The van der Waals surface area contributed by atoms with Crippen molar-refractivity contribution in [1.29, 1.82) is 0 Å². The molecule has 1 N–H and O–H groups in total. The Morgan fingerprint density at radius 2 is 1.26 bits per heavy atom. The van der Waals surface area contributed by atoms with Gasteiger partial charge in [0.1, 0.15) is 0 Å². The van der Waals surface area contributed by atoms with Crippen LogP contribution < -0.4 is 4.31 Å². The number of nitrogens with zero attached hydrogens (tertiary/aromatic N) is 1. The second kappa shape index (κ2) is 9.19. The maximum Gasteiger partial charge on any atom is 0.430 e. The fourth-order valence-electron chi connectivity index (χ4n) is 3.64. The highest BCUT2D eigenvalue weighted by atomic mass is 32.2. The summed E-state index contributed by atoms with van der Waals surface area (Å²) in [6, 6.07) is 16.9. The van der Waals surface area contributed by atoms with Gasteiger partial charge in [-0.3, -0.25) is 4.31 Å². The van der Waals surface area contributed by atoms with Gasteiger partial charge >= 0.3 is 12.4 Å². The van der Waals surface area contributed by atoms with Crippen LogP contribution in [0.25, 0.3) is 11.1 Å². The van der Waals surface area contributed by atoms with Crippen LogP contribution in [0, 0.1) is 0 Å². The SMILES string of the molecule is CC(C)N(c1cccc(-c2ccccc2)c1)S(=O)(=O)c1ccc(C(O)(C(F)(F)F)C(F)(F)F)cc1. The summed E-state index contributed by atoms with van der Waals surface area (Å²) < 4.78 is 107. The topological polar surface area (TPSA) is 57.6 Å². The zero-order chi connectivity index (χ0) is 26.2. The van der Waals surface area contributed by atoms with E-state index >= 15 is 0 Å². The van der Waals surface area contributed by atoms with Gasteiger partial charge in [-0.15, -0.1) is 0 Å². The molecule has 188 valence electrons. The normalized spacial score (nSPS) is 13.2. The van der Waals surface area contributed by atoms with Gasteiger partial charge < -0.3 is 5.11 Å². The zero-order valence-electron chi connectivity index (χ0n) is 18.5. The summed E-state index contributed by atoms with van der Waals surface area (Å²) in [4.78, 5) is -0.535. The lowest BCUT2D eigenvalue weighted by Crippen LogP contribution is -2.53. The third-order valence-electron chi connectivity index (χ3n) is 5.33. The quantitative estimate of drug-likeness (QED) is 0.392. The summed E-state index contributed by atoms with van der Waals surface area (Å²) in [6.45, 7) is 3.15. The minimum absolute atomic E-state index is 0.257. The van der Waals surface area contributed by atoms with E-state index in [1.807, 2.05) is 30.3 Å². The lowest BCUT2D eigenvalue weighted by atomic mass is 9.92. The molecule has 0 unspecified atom stereocenters. The van der Waals surface area contributed by atoms with Crippen LogP contribution in [0.3, 0.4) is 0 Å². The van der Waals surface area contributed by atoms with E-state index in [2.05, 4.69) is 0 Å². The number of aliphatic hydroxyl groups is 1. The fourth-order valence-corrected chi connectivity index (χ4v) is 5.29. The Morgan fingerprint density at radius 1 is 0.743 bits per heavy atom. The molecule has 0 radical (unpaired) electrons. The molecule has 0 aliphatic heterocycles. The smallest absolute Gasteiger partial charge is 0.369 e. The molecule has 0 atom stereocenters. The molecule has 3 rings (SSSR count). The largest absolute Gasteiger partial charge is 0.430 e. The first kappa shape index (κ1) is 26.6. The Bertz CT molecular complexity index is 1260. The molecular weight excluding hydrogens is 496 g/mol. The summed E-state index contributed by atoms with van der Waals surface area (Å²) in [5.74, 6) is 0. The molecule has 0 aromatic heterocycles. The maximum atomic E-state index is 13.4. The van der Waals surface area contributed by atoms with Gasteiger partial charge in [-0.2, -0.15) is 26.3 Å². The van der Waals surface area contributed by atoms with E-state index in [1.54, 1.807) is 32.0 Å². The third kappa shape index (κ3) is 4.87. The fraction of sp³-hybridized carbons (Fsp3) is 0.250. The van der Waals surface area contributed by atoms with Gasteiger partial charge in [-0.1, -0.05) is 54.6 Å². The molecule has 35 heavy (non-hydrogen) atoms. The molecule has 0 aliphatic rings. The number of anilines is 1. The van der Waals surface area contributed by atoms with E-state index < -0.39 is 44.5 Å². The van der Waals surface area contributed by atoms with Gasteiger partial charge in [0.25, 0.3) is 15.6 Å². The number of sulfonamides is 1. The molecule has 0 saturated carbocycles. The van der Waals surface area contributed by atoms with Crippen molar-refractivity contribution in [2.24, 2.45) is 0 Å². The minimum Gasteiger partial charge on any atom is -0.369 e. The number of benzene rings is 3. The van der Waals surface area contributed by atoms with E-state index in [-0.39, 0.29) is 5.69 Å². The third-order valence-corrected chi connectivity index (χ3v) is 7.34. The van der Waals surface area contributed by atoms with Crippen LogP contribution in [0.1, 0.15) is 19.4 Å². The Morgan fingerprint density at radius 3 is 1.74 bits per heavy atom. The van der Waals surface area contributed by atoms with Crippen LogP contribution in [0.2, 0.25) is 0 Å². The van der Waals surface area contributed by atoms with Gasteiger partial charge in [0.05, 0.1) is 10.6 Å². The lowest BCUT2D eigenvalue weighted by molar-refractivity contribution is -0.376. The van der Waals surface area contributed by atoms with Crippen molar-refractivity contribution in [3.63, 3.8) is 0 Å². The number of halogens is 6. The highest BCUT2D eigenvalue weighted by Crippen LogP contribution is 2.50. The Hall–Kier alpha value is -3.05. The van der Waals surface area contributed by atoms with Crippen molar-refractivity contribution in [3.05, 3.63) is 84.4 Å². The standard InChI is InChI=1S/C24H21F6NO3S/c1-16(2)31(20-10-6-9-18(15-20)17-7-4-3-5-8-17)35(33,34)21-13-11-19(12-14-21)22(32,23(25,26)27)24(28,29)30/h3-16,32H,1-2H3. The molecule has 11 heteroatoms. The van der Waals surface area contributed by atoms with Crippen LogP contribution in [0.4, 0.5) is 32.0 Å². The molecule has 0 saturated heterocycles. The predicted octanol–water partition coefficient (Wildman–Crippen LogP) is 6.27. The van der Waals surface area contributed by atoms with Crippen molar-refractivity contribution in [1.82, 2.24) is 0 Å². The molecule has 0 spiro atoms. The van der Waals surface area contributed by atoms with E-state index in [9.17, 15) is 39.9 Å². The second-order valence-electron chi connectivity index (χ2n) is 8.04. The van der Waals surface area contributed by atoms with E-state index in [0.717, 1.165) is 9.87 Å². The number of rotatable bonds is 6. The van der Waals surface area contributed by atoms with Gasteiger partial charge in [-0.05, 0) is 49.2 Å². The second-order valence-corrected chi connectivity index (χ2v) is 9.86. The first-order valence-electron chi connectivity index (χ1n) is 10.3. The zero-order valence-corrected chi connectivity index (χ0v) is 19.3. The summed E-state index contributed by atoms with van der Waals surface area (Å²) in [5, 5.41) is 9.55.